The first-order valence-electron chi connectivity index (χ1n) is 9.40. The summed E-state index contributed by atoms with van der Waals surface area (Å²) >= 11 is 0. The third-order valence-corrected chi connectivity index (χ3v) is 5.48. The summed E-state index contributed by atoms with van der Waals surface area (Å²) in [5.74, 6) is 0.197. The summed E-state index contributed by atoms with van der Waals surface area (Å²) in [7, 11) is 0. The fourth-order valence-electron chi connectivity index (χ4n) is 3.77. The number of aromatic nitrogens is 2. The predicted octanol–water partition coefficient (Wildman–Crippen LogP) is 2.83. The Labute approximate surface area is 157 Å². The fraction of sp³-hybridized carbons (Fsp3) is 0.450. The van der Waals surface area contributed by atoms with E-state index in [1.165, 1.54) is 25.0 Å². The van der Waals surface area contributed by atoms with Gasteiger partial charge in [0.1, 0.15) is 11.9 Å². The molecule has 1 aromatic heterocycles. The van der Waals surface area contributed by atoms with E-state index < -0.39 is 5.82 Å². The number of nitriles is 1. The van der Waals surface area contributed by atoms with Crippen molar-refractivity contribution in [2.75, 3.05) is 18.0 Å². The van der Waals surface area contributed by atoms with Gasteiger partial charge in [-0.2, -0.15) is 10.4 Å². The first-order chi connectivity index (χ1) is 13.2. The number of piperidine rings is 1. The molecule has 0 unspecified atom stereocenters. The molecule has 7 heteroatoms. The molecule has 2 aromatic rings. The number of rotatable bonds is 5. The van der Waals surface area contributed by atoms with Crippen LogP contribution in [-0.4, -0.2) is 29.2 Å². The van der Waals surface area contributed by atoms with Crippen molar-refractivity contribution in [3.05, 3.63) is 47.0 Å². The molecule has 0 bridgehead atoms. The quantitative estimate of drug-likeness (QED) is 0.851. The van der Waals surface area contributed by atoms with Gasteiger partial charge in [0, 0.05) is 42.7 Å². The van der Waals surface area contributed by atoms with E-state index in [0.717, 1.165) is 29.8 Å². The van der Waals surface area contributed by atoms with Crippen molar-refractivity contribution >= 4 is 11.6 Å². The van der Waals surface area contributed by atoms with E-state index in [1.54, 1.807) is 12.3 Å². The average molecular weight is 367 g/mol. The van der Waals surface area contributed by atoms with Crippen LogP contribution >= 0.6 is 0 Å². The lowest BCUT2D eigenvalue weighted by molar-refractivity contribution is -0.125. The summed E-state index contributed by atoms with van der Waals surface area (Å²) in [6.45, 7) is 1.87. The van der Waals surface area contributed by atoms with Crippen LogP contribution in [0.3, 0.4) is 0 Å². The van der Waals surface area contributed by atoms with Crippen LogP contribution in [0.25, 0.3) is 0 Å². The second kappa shape index (κ2) is 7.39. The number of nitrogens with one attached hydrogen (secondary N) is 2. The molecule has 1 aliphatic heterocycles. The zero-order valence-corrected chi connectivity index (χ0v) is 15.0. The van der Waals surface area contributed by atoms with Crippen LogP contribution in [0.1, 0.15) is 48.4 Å². The molecule has 2 fully saturated rings. The molecule has 0 spiro atoms. The molecule has 6 nitrogen and oxygen atoms in total. The van der Waals surface area contributed by atoms with Crippen molar-refractivity contribution in [3.8, 4) is 6.07 Å². The SMILES string of the molecule is N#Cc1cc(F)ccc1N1CCC(C(=O)NCc2cn[nH]c2C2CC2)CC1. The summed E-state index contributed by atoms with van der Waals surface area (Å²) in [5, 5.41) is 19.4. The number of aromatic amines is 1. The maximum atomic E-state index is 13.3. The molecule has 0 radical (unpaired) electrons. The van der Waals surface area contributed by atoms with Crippen LogP contribution in [0.15, 0.2) is 24.4 Å². The van der Waals surface area contributed by atoms with Gasteiger partial charge in [0.05, 0.1) is 17.4 Å². The lowest BCUT2D eigenvalue weighted by atomic mass is 9.95. The Hall–Kier alpha value is -2.88. The number of hydrogen-bond acceptors (Lipinski definition) is 4. The third-order valence-electron chi connectivity index (χ3n) is 5.48. The van der Waals surface area contributed by atoms with E-state index in [1.807, 2.05) is 0 Å². The maximum absolute atomic E-state index is 13.3. The number of amides is 1. The highest BCUT2D eigenvalue weighted by molar-refractivity contribution is 5.79. The third kappa shape index (κ3) is 3.80. The van der Waals surface area contributed by atoms with Gasteiger partial charge >= 0.3 is 0 Å². The second-order valence-electron chi connectivity index (χ2n) is 7.34. The molecule has 2 N–H and O–H groups in total. The van der Waals surface area contributed by atoms with Crippen molar-refractivity contribution in [3.63, 3.8) is 0 Å². The Bertz CT molecular complexity index is 875. The number of anilines is 1. The molecule has 2 heterocycles. The van der Waals surface area contributed by atoms with Gasteiger partial charge in [0.2, 0.25) is 5.91 Å². The molecule has 1 aromatic carbocycles. The Kier molecular flexibility index (Phi) is 4.80. The van der Waals surface area contributed by atoms with Crippen molar-refractivity contribution in [1.29, 1.82) is 5.26 Å². The molecule has 1 saturated heterocycles. The lowest BCUT2D eigenvalue weighted by Gasteiger charge is -2.33. The van der Waals surface area contributed by atoms with E-state index in [4.69, 9.17) is 0 Å². The fourth-order valence-corrected chi connectivity index (χ4v) is 3.77. The number of halogens is 1. The Balaban J connectivity index is 1.32. The maximum Gasteiger partial charge on any atom is 0.223 e. The number of carbonyl (C=O) groups is 1. The van der Waals surface area contributed by atoms with Crippen molar-refractivity contribution < 1.29 is 9.18 Å². The largest absolute Gasteiger partial charge is 0.370 e. The minimum absolute atomic E-state index is 0.0384. The van der Waals surface area contributed by atoms with Gasteiger partial charge in [-0.1, -0.05) is 0 Å². The van der Waals surface area contributed by atoms with Crippen LogP contribution in [0.4, 0.5) is 10.1 Å². The van der Waals surface area contributed by atoms with Crippen LogP contribution in [0, 0.1) is 23.1 Å². The number of hydrogen-bond donors (Lipinski definition) is 2. The summed E-state index contributed by atoms with van der Waals surface area (Å²) in [6.07, 6.45) is 5.61. The van der Waals surface area contributed by atoms with Gasteiger partial charge in [-0.05, 0) is 43.9 Å². The predicted molar refractivity (Wildman–Crippen MR) is 98.5 cm³/mol. The molecular formula is C20H22FN5O. The molecular weight excluding hydrogens is 345 g/mol. The van der Waals surface area contributed by atoms with Crippen LogP contribution < -0.4 is 10.2 Å². The van der Waals surface area contributed by atoms with Crippen LogP contribution in [0.5, 0.6) is 0 Å². The smallest absolute Gasteiger partial charge is 0.223 e. The number of H-pyrrole nitrogens is 1. The monoisotopic (exact) mass is 367 g/mol. The van der Waals surface area contributed by atoms with Crippen molar-refractivity contribution in [1.82, 2.24) is 15.5 Å². The molecule has 1 saturated carbocycles. The Morgan fingerprint density at radius 3 is 2.81 bits per heavy atom. The molecule has 1 amide bonds. The number of benzene rings is 1. The lowest BCUT2D eigenvalue weighted by Crippen LogP contribution is -2.40. The molecule has 4 rings (SSSR count). The minimum atomic E-state index is -0.408. The van der Waals surface area contributed by atoms with Gasteiger partial charge in [-0.25, -0.2) is 4.39 Å². The zero-order chi connectivity index (χ0) is 18.8. The standard InChI is InChI=1S/C20H22FN5O/c21-17-3-4-18(15(9-17)10-22)26-7-5-14(6-8-26)20(27)23-11-16-12-24-25-19(16)13-1-2-13/h3-4,9,12-14H,1-2,5-8,11H2,(H,23,27)(H,24,25). The molecule has 1 aliphatic carbocycles. The van der Waals surface area contributed by atoms with Gasteiger partial charge in [0.25, 0.3) is 0 Å². The number of carbonyl (C=O) groups excluding carboxylic acids is 1. The summed E-state index contributed by atoms with van der Waals surface area (Å²) in [4.78, 5) is 14.6. The first-order valence-corrected chi connectivity index (χ1v) is 9.40. The average Bonchev–Trinajstić information content (AvgIpc) is 3.44. The van der Waals surface area contributed by atoms with E-state index in [2.05, 4.69) is 26.5 Å². The Morgan fingerprint density at radius 1 is 1.33 bits per heavy atom. The summed E-state index contributed by atoms with van der Waals surface area (Å²) in [6, 6.07) is 6.33. The van der Waals surface area contributed by atoms with Crippen LogP contribution in [0.2, 0.25) is 0 Å². The van der Waals surface area contributed by atoms with Gasteiger partial charge in [-0.3, -0.25) is 9.89 Å². The van der Waals surface area contributed by atoms with E-state index in [0.29, 0.717) is 31.1 Å². The van der Waals surface area contributed by atoms with Gasteiger partial charge in [-0.15, -0.1) is 0 Å². The van der Waals surface area contributed by atoms with E-state index in [-0.39, 0.29) is 11.8 Å². The normalized spacial score (nSPS) is 17.6. The molecule has 2 aliphatic rings. The Morgan fingerprint density at radius 2 is 2.11 bits per heavy atom. The van der Waals surface area contributed by atoms with Crippen molar-refractivity contribution in [2.24, 2.45) is 5.92 Å². The van der Waals surface area contributed by atoms with Gasteiger partial charge in [0.15, 0.2) is 0 Å². The molecule has 0 atom stereocenters. The summed E-state index contributed by atoms with van der Waals surface area (Å²) in [5.41, 5.74) is 3.31. The highest BCUT2D eigenvalue weighted by Crippen LogP contribution is 2.40. The first kappa shape index (κ1) is 17.5. The second-order valence-corrected chi connectivity index (χ2v) is 7.34. The van der Waals surface area contributed by atoms with Crippen molar-refractivity contribution in [2.45, 2.75) is 38.1 Å². The minimum Gasteiger partial charge on any atom is -0.370 e. The topological polar surface area (TPSA) is 84.8 Å². The zero-order valence-electron chi connectivity index (χ0n) is 15.0. The van der Waals surface area contributed by atoms with E-state index >= 15 is 0 Å². The van der Waals surface area contributed by atoms with Crippen LogP contribution in [-0.2, 0) is 11.3 Å². The highest BCUT2D eigenvalue weighted by Gasteiger charge is 2.29. The molecule has 27 heavy (non-hydrogen) atoms. The molecule has 140 valence electrons. The van der Waals surface area contributed by atoms with Gasteiger partial charge < -0.3 is 10.2 Å². The summed E-state index contributed by atoms with van der Waals surface area (Å²) < 4.78 is 13.3. The number of nitrogens with zero attached hydrogens (tertiary/aromatic N) is 3. The van der Waals surface area contributed by atoms with E-state index in [9.17, 15) is 14.4 Å². The highest BCUT2D eigenvalue weighted by atomic mass is 19.1.